The van der Waals surface area contributed by atoms with Gasteiger partial charge in [0.25, 0.3) is 0 Å². The molecule has 3 rings (SSSR count). The van der Waals surface area contributed by atoms with Gasteiger partial charge in [0.2, 0.25) is 0 Å². The first-order valence-corrected chi connectivity index (χ1v) is 7.03. The molecule has 4 heteroatoms. The second kappa shape index (κ2) is 5.48. The van der Waals surface area contributed by atoms with Crippen LogP contribution in [0.2, 0.25) is 0 Å². The topological polar surface area (TPSA) is 55.1 Å². The molecule has 0 radical (unpaired) electrons. The number of benzene rings is 2. The summed E-state index contributed by atoms with van der Waals surface area (Å²) in [5.41, 5.74) is 4.10. The molecular formula is C18H16N2O2. The van der Waals surface area contributed by atoms with Crippen molar-refractivity contribution in [3.8, 4) is 16.9 Å². The maximum absolute atomic E-state index is 11.7. The highest BCUT2D eigenvalue weighted by atomic mass is 16.4. The molecule has 0 aliphatic rings. The molecule has 3 aromatic rings. The van der Waals surface area contributed by atoms with E-state index in [1.807, 2.05) is 61.5 Å². The molecule has 1 aromatic heterocycles. The lowest BCUT2D eigenvalue weighted by molar-refractivity contribution is 0.0697. The highest BCUT2D eigenvalue weighted by molar-refractivity contribution is 5.96. The minimum Gasteiger partial charge on any atom is -0.478 e. The number of carboxylic acid groups (broad SMARTS) is 1. The molecule has 2 aromatic carbocycles. The lowest BCUT2D eigenvalue weighted by Crippen LogP contribution is -2.02. The number of hydrogen-bond donors (Lipinski definition) is 1. The van der Waals surface area contributed by atoms with Gasteiger partial charge in [0, 0.05) is 5.56 Å². The van der Waals surface area contributed by atoms with E-state index in [9.17, 15) is 9.90 Å². The van der Waals surface area contributed by atoms with Crippen LogP contribution in [0.3, 0.4) is 0 Å². The maximum atomic E-state index is 11.7. The van der Waals surface area contributed by atoms with Crippen LogP contribution in [0.25, 0.3) is 16.9 Å². The zero-order chi connectivity index (χ0) is 15.7. The first kappa shape index (κ1) is 14.1. The van der Waals surface area contributed by atoms with Crippen molar-refractivity contribution in [2.75, 3.05) is 0 Å². The highest BCUT2D eigenvalue weighted by Gasteiger charge is 2.22. The Morgan fingerprint density at radius 2 is 1.77 bits per heavy atom. The summed E-state index contributed by atoms with van der Waals surface area (Å²) in [5, 5.41) is 14.1. The molecule has 0 amide bonds. The number of hydrogen-bond acceptors (Lipinski definition) is 2. The Morgan fingerprint density at radius 1 is 1.05 bits per heavy atom. The molecule has 22 heavy (non-hydrogen) atoms. The van der Waals surface area contributed by atoms with Gasteiger partial charge >= 0.3 is 5.97 Å². The Bertz CT molecular complexity index is 836. The number of rotatable bonds is 3. The van der Waals surface area contributed by atoms with Gasteiger partial charge < -0.3 is 5.11 Å². The number of aromatic carboxylic acids is 1. The lowest BCUT2D eigenvalue weighted by atomic mass is 10.0. The first-order chi connectivity index (χ1) is 10.6. The second-order valence-corrected chi connectivity index (χ2v) is 5.23. The van der Waals surface area contributed by atoms with Crippen molar-refractivity contribution in [1.29, 1.82) is 0 Å². The Morgan fingerprint density at radius 3 is 2.41 bits per heavy atom. The third-order valence-electron chi connectivity index (χ3n) is 3.62. The van der Waals surface area contributed by atoms with Crippen LogP contribution in [0.15, 0.2) is 54.6 Å². The summed E-state index contributed by atoms with van der Waals surface area (Å²) in [6, 6.07) is 17.3. The predicted octanol–water partition coefficient (Wildman–Crippen LogP) is 3.85. The van der Waals surface area contributed by atoms with Crippen LogP contribution in [0, 0.1) is 13.8 Å². The van der Waals surface area contributed by atoms with E-state index in [0.29, 0.717) is 11.4 Å². The van der Waals surface area contributed by atoms with Crippen LogP contribution in [-0.4, -0.2) is 20.9 Å². The van der Waals surface area contributed by atoms with E-state index >= 15 is 0 Å². The van der Waals surface area contributed by atoms with Gasteiger partial charge in [0.05, 0.1) is 11.4 Å². The van der Waals surface area contributed by atoms with E-state index in [-0.39, 0.29) is 5.56 Å². The van der Waals surface area contributed by atoms with Gasteiger partial charge in [-0.25, -0.2) is 9.48 Å². The molecular weight excluding hydrogens is 276 g/mol. The third kappa shape index (κ3) is 2.39. The fraction of sp³-hybridized carbons (Fsp3) is 0.111. The second-order valence-electron chi connectivity index (χ2n) is 5.23. The number of aromatic nitrogens is 2. The Kier molecular flexibility index (Phi) is 3.51. The van der Waals surface area contributed by atoms with Crippen LogP contribution in [-0.2, 0) is 0 Å². The number of nitrogens with zero attached hydrogens (tertiary/aromatic N) is 2. The van der Waals surface area contributed by atoms with E-state index in [4.69, 9.17) is 0 Å². The molecule has 0 spiro atoms. The number of carboxylic acids is 1. The number of para-hydroxylation sites is 1. The van der Waals surface area contributed by atoms with E-state index in [0.717, 1.165) is 16.8 Å². The minimum atomic E-state index is -0.962. The minimum absolute atomic E-state index is 0.245. The average Bonchev–Trinajstić information content (AvgIpc) is 2.86. The molecule has 1 heterocycles. The molecule has 0 fully saturated rings. The van der Waals surface area contributed by atoms with Crippen molar-refractivity contribution >= 4 is 5.97 Å². The van der Waals surface area contributed by atoms with Gasteiger partial charge in [-0.1, -0.05) is 42.0 Å². The Labute approximate surface area is 128 Å². The maximum Gasteiger partial charge on any atom is 0.339 e. The normalized spacial score (nSPS) is 10.6. The van der Waals surface area contributed by atoms with Gasteiger partial charge in [-0.05, 0) is 32.0 Å². The quantitative estimate of drug-likeness (QED) is 0.797. The molecule has 0 atom stereocenters. The molecule has 0 unspecified atom stereocenters. The molecule has 110 valence electrons. The van der Waals surface area contributed by atoms with Crippen molar-refractivity contribution in [2.45, 2.75) is 13.8 Å². The molecule has 0 saturated carbocycles. The van der Waals surface area contributed by atoms with E-state index in [1.165, 1.54) is 0 Å². The van der Waals surface area contributed by atoms with Crippen LogP contribution < -0.4 is 0 Å². The van der Waals surface area contributed by atoms with Gasteiger partial charge in [-0.2, -0.15) is 5.10 Å². The molecule has 1 N–H and O–H groups in total. The van der Waals surface area contributed by atoms with E-state index in [1.54, 1.807) is 11.6 Å². The van der Waals surface area contributed by atoms with Crippen LogP contribution >= 0.6 is 0 Å². The SMILES string of the molecule is Cc1cccc(-c2nn(-c3ccccc3)c(C)c2C(=O)O)c1. The van der Waals surface area contributed by atoms with Gasteiger partial charge in [0.15, 0.2) is 0 Å². The Balaban J connectivity index is 2.25. The van der Waals surface area contributed by atoms with Crippen molar-refractivity contribution in [1.82, 2.24) is 9.78 Å². The standard InChI is InChI=1S/C18H16N2O2/c1-12-7-6-8-14(11-12)17-16(18(21)22)13(2)20(19-17)15-9-4-3-5-10-15/h3-11H,1-2H3,(H,21,22). The summed E-state index contributed by atoms with van der Waals surface area (Å²) < 4.78 is 1.68. The fourth-order valence-electron chi connectivity index (χ4n) is 2.57. The number of aryl methyl sites for hydroxylation is 1. The van der Waals surface area contributed by atoms with Gasteiger partial charge in [-0.3, -0.25) is 0 Å². The van der Waals surface area contributed by atoms with Crippen molar-refractivity contribution in [3.63, 3.8) is 0 Å². The summed E-state index contributed by atoms with van der Waals surface area (Å²) >= 11 is 0. The van der Waals surface area contributed by atoms with Crippen LogP contribution in [0.1, 0.15) is 21.6 Å². The summed E-state index contributed by atoms with van der Waals surface area (Å²) in [5.74, 6) is -0.962. The lowest BCUT2D eigenvalue weighted by Gasteiger charge is -2.03. The zero-order valence-electron chi connectivity index (χ0n) is 12.4. The summed E-state index contributed by atoms with van der Waals surface area (Å²) in [6.45, 7) is 3.76. The van der Waals surface area contributed by atoms with Gasteiger partial charge in [-0.15, -0.1) is 0 Å². The summed E-state index contributed by atoms with van der Waals surface area (Å²) in [4.78, 5) is 11.7. The summed E-state index contributed by atoms with van der Waals surface area (Å²) in [6.07, 6.45) is 0. The summed E-state index contributed by atoms with van der Waals surface area (Å²) in [7, 11) is 0. The first-order valence-electron chi connectivity index (χ1n) is 7.03. The fourth-order valence-corrected chi connectivity index (χ4v) is 2.57. The Hall–Kier alpha value is -2.88. The highest BCUT2D eigenvalue weighted by Crippen LogP contribution is 2.27. The van der Waals surface area contributed by atoms with Crippen LogP contribution in [0.4, 0.5) is 0 Å². The monoisotopic (exact) mass is 292 g/mol. The molecule has 0 aliphatic heterocycles. The molecule has 0 saturated heterocycles. The van der Waals surface area contributed by atoms with Gasteiger partial charge in [0.1, 0.15) is 11.3 Å². The molecule has 0 aliphatic carbocycles. The third-order valence-corrected chi connectivity index (χ3v) is 3.62. The average molecular weight is 292 g/mol. The largest absolute Gasteiger partial charge is 0.478 e. The smallest absolute Gasteiger partial charge is 0.339 e. The van der Waals surface area contributed by atoms with E-state index < -0.39 is 5.97 Å². The molecule has 0 bridgehead atoms. The van der Waals surface area contributed by atoms with Crippen molar-refractivity contribution < 1.29 is 9.90 Å². The zero-order valence-corrected chi connectivity index (χ0v) is 12.4. The van der Waals surface area contributed by atoms with Crippen LogP contribution in [0.5, 0.6) is 0 Å². The predicted molar refractivity (Wildman–Crippen MR) is 85.4 cm³/mol. The number of carbonyl (C=O) groups is 1. The van der Waals surface area contributed by atoms with Crippen molar-refractivity contribution in [3.05, 3.63) is 71.4 Å². The van der Waals surface area contributed by atoms with E-state index in [2.05, 4.69) is 5.10 Å². The van der Waals surface area contributed by atoms with Crippen molar-refractivity contribution in [2.24, 2.45) is 0 Å². The molecule has 4 nitrogen and oxygen atoms in total.